The zero-order valence-corrected chi connectivity index (χ0v) is 11.2. The molecule has 1 heterocycles. The Morgan fingerprint density at radius 1 is 1.35 bits per heavy atom. The first-order valence-electron chi connectivity index (χ1n) is 5.61. The number of amidine groups is 1. The average Bonchev–Trinajstić information content (AvgIpc) is 2.80. The quantitative estimate of drug-likeness (QED) is 0.765. The Morgan fingerprint density at radius 3 is 2.76 bits per heavy atom. The first-order valence-corrected chi connectivity index (χ1v) is 6.83. The summed E-state index contributed by atoms with van der Waals surface area (Å²) < 4.78 is 0. The van der Waals surface area contributed by atoms with E-state index in [0.29, 0.717) is 13.1 Å². The van der Waals surface area contributed by atoms with E-state index in [1.165, 1.54) is 17.3 Å². The van der Waals surface area contributed by atoms with Gasteiger partial charge in [0.05, 0.1) is 6.54 Å². The van der Waals surface area contributed by atoms with E-state index in [9.17, 15) is 4.79 Å². The first kappa shape index (κ1) is 12.2. The predicted octanol–water partition coefficient (Wildman–Crippen LogP) is 2.48. The minimum Gasteiger partial charge on any atom is -0.286 e. The maximum Gasteiger partial charge on any atom is 0.259 e. The molecule has 0 saturated heterocycles. The van der Waals surface area contributed by atoms with Gasteiger partial charge in [-0.3, -0.25) is 14.7 Å². The molecule has 17 heavy (non-hydrogen) atoms. The van der Waals surface area contributed by atoms with Gasteiger partial charge in [-0.25, -0.2) is 0 Å². The Balaban J connectivity index is 2.25. The van der Waals surface area contributed by atoms with E-state index in [1.54, 1.807) is 4.90 Å². The number of aryl methyl sites for hydroxylation is 2. The topological polar surface area (TPSA) is 32.7 Å². The van der Waals surface area contributed by atoms with E-state index in [4.69, 9.17) is 0 Å². The molecule has 0 atom stereocenters. The minimum atomic E-state index is 0.0544. The lowest BCUT2D eigenvalue weighted by atomic mass is 10.1. The Kier molecular flexibility index (Phi) is 3.52. The highest BCUT2D eigenvalue weighted by Crippen LogP contribution is 2.17. The van der Waals surface area contributed by atoms with Crippen LogP contribution in [0.3, 0.4) is 0 Å². The lowest BCUT2D eigenvalue weighted by molar-refractivity contribution is 0.0860. The smallest absolute Gasteiger partial charge is 0.259 e. The van der Waals surface area contributed by atoms with Crippen molar-refractivity contribution in [2.24, 2.45) is 4.99 Å². The summed E-state index contributed by atoms with van der Waals surface area (Å²) >= 11 is 1.53. The predicted molar refractivity (Wildman–Crippen MR) is 72.8 cm³/mol. The van der Waals surface area contributed by atoms with Crippen molar-refractivity contribution in [1.29, 1.82) is 0 Å². The molecule has 4 heteroatoms. The van der Waals surface area contributed by atoms with Crippen molar-refractivity contribution >= 4 is 22.8 Å². The van der Waals surface area contributed by atoms with Crippen LogP contribution in [-0.4, -0.2) is 35.3 Å². The second kappa shape index (κ2) is 4.92. The summed E-state index contributed by atoms with van der Waals surface area (Å²) in [7, 11) is 0. The summed E-state index contributed by atoms with van der Waals surface area (Å²) in [5.41, 5.74) is 3.11. The van der Waals surface area contributed by atoms with Gasteiger partial charge in [0.1, 0.15) is 0 Å². The number of carbonyl (C=O) groups is 1. The standard InChI is InChI=1S/C13H16N2OS/c1-9-4-5-11(8-10(9)2)12(16)15-7-6-14-13(15)17-3/h4-5,8H,6-7H2,1-3H3. The Morgan fingerprint density at radius 2 is 2.12 bits per heavy atom. The third-order valence-electron chi connectivity index (χ3n) is 2.98. The van der Waals surface area contributed by atoms with Crippen LogP contribution >= 0.6 is 11.8 Å². The monoisotopic (exact) mass is 248 g/mol. The summed E-state index contributed by atoms with van der Waals surface area (Å²) in [5.74, 6) is 0.0544. The number of hydrogen-bond acceptors (Lipinski definition) is 3. The molecule has 0 spiro atoms. The molecule has 1 aliphatic heterocycles. The van der Waals surface area contributed by atoms with Gasteiger partial charge < -0.3 is 0 Å². The highest BCUT2D eigenvalue weighted by molar-refractivity contribution is 8.13. The summed E-state index contributed by atoms with van der Waals surface area (Å²) in [4.78, 5) is 18.4. The zero-order chi connectivity index (χ0) is 12.4. The van der Waals surface area contributed by atoms with Gasteiger partial charge in [-0.1, -0.05) is 17.8 Å². The fourth-order valence-corrected chi connectivity index (χ4v) is 2.44. The molecule has 1 aliphatic rings. The molecule has 1 aromatic carbocycles. The first-order chi connectivity index (χ1) is 8.13. The molecule has 3 nitrogen and oxygen atoms in total. The number of carbonyl (C=O) groups excluding carboxylic acids is 1. The maximum absolute atomic E-state index is 12.3. The van der Waals surface area contributed by atoms with Crippen molar-refractivity contribution < 1.29 is 4.79 Å². The van der Waals surface area contributed by atoms with Crippen LogP contribution in [0.5, 0.6) is 0 Å². The third kappa shape index (κ3) is 2.36. The van der Waals surface area contributed by atoms with Gasteiger partial charge in [-0.2, -0.15) is 0 Å². The summed E-state index contributed by atoms with van der Waals surface area (Å²) in [6.07, 6.45) is 1.95. The van der Waals surface area contributed by atoms with Crippen molar-refractivity contribution in [3.63, 3.8) is 0 Å². The highest BCUT2D eigenvalue weighted by Gasteiger charge is 2.24. The third-order valence-corrected chi connectivity index (χ3v) is 3.70. The van der Waals surface area contributed by atoms with E-state index in [2.05, 4.69) is 4.99 Å². The van der Waals surface area contributed by atoms with E-state index in [1.807, 2.05) is 38.3 Å². The lowest BCUT2D eigenvalue weighted by Gasteiger charge is -2.17. The van der Waals surface area contributed by atoms with Crippen LogP contribution in [0, 0.1) is 13.8 Å². The van der Waals surface area contributed by atoms with Crippen LogP contribution < -0.4 is 0 Å². The minimum absolute atomic E-state index is 0.0544. The number of thioether (sulfide) groups is 1. The van der Waals surface area contributed by atoms with Gasteiger partial charge in [0, 0.05) is 12.1 Å². The summed E-state index contributed by atoms with van der Waals surface area (Å²) in [5, 5.41) is 0.827. The maximum atomic E-state index is 12.3. The lowest BCUT2D eigenvalue weighted by Crippen LogP contribution is -2.32. The van der Waals surface area contributed by atoms with Crippen LogP contribution in [0.2, 0.25) is 0 Å². The van der Waals surface area contributed by atoms with Crippen molar-refractivity contribution in [2.75, 3.05) is 19.3 Å². The van der Waals surface area contributed by atoms with Gasteiger partial charge >= 0.3 is 0 Å². The Labute approximate surface area is 106 Å². The number of rotatable bonds is 1. The molecule has 1 aromatic rings. The molecule has 0 aromatic heterocycles. The molecule has 90 valence electrons. The fourth-order valence-electron chi connectivity index (χ4n) is 1.82. The van der Waals surface area contributed by atoms with Gasteiger partial charge in [-0.15, -0.1) is 0 Å². The van der Waals surface area contributed by atoms with Gasteiger partial charge in [-0.05, 0) is 43.4 Å². The number of benzene rings is 1. The SMILES string of the molecule is CSC1=NCCN1C(=O)c1ccc(C)c(C)c1. The molecule has 1 amide bonds. The Hall–Kier alpha value is -1.29. The Bertz CT molecular complexity index is 482. The second-order valence-corrected chi connectivity index (χ2v) is 4.90. The average molecular weight is 248 g/mol. The van der Waals surface area contributed by atoms with E-state index >= 15 is 0 Å². The highest BCUT2D eigenvalue weighted by atomic mass is 32.2. The number of aliphatic imine (C=N–C) groups is 1. The largest absolute Gasteiger partial charge is 0.286 e. The molecule has 0 N–H and O–H groups in total. The molecule has 0 unspecified atom stereocenters. The zero-order valence-electron chi connectivity index (χ0n) is 10.4. The second-order valence-electron chi connectivity index (χ2n) is 4.12. The fraction of sp³-hybridized carbons (Fsp3) is 0.385. The molecule has 0 fully saturated rings. The van der Waals surface area contributed by atoms with Crippen molar-refractivity contribution in [3.05, 3.63) is 34.9 Å². The van der Waals surface area contributed by atoms with Crippen molar-refractivity contribution in [3.8, 4) is 0 Å². The summed E-state index contributed by atoms with van der Waals surface area (Å²) in [6.45, 7) is 5.49. The number of hydrogen-bond donors (Lipinski definition) is 0. The van der Waals surface area contributed by atoms with Gasteiger partial charge in [0.2, 0.25) is 0 Å². The molecule has 0 bridgehead atoms. The van der Waals surface area contributed by atoms with Crippen LogP contribution in [0.25, 0.3) is 0 Å². The van der Waals surface area contributed by atoms with Gasteiger partial charge in [0.15, 0.2) is 5.17 Å². The summed E-state index contributed by atoms with van der Waals surface area (Å²) in [6, 6.07) is 5.84. The normalized spacial score (nSPS) is 15.0. The van der Waals surface area contributed by atoms with Crippen LogP contribution in [0.4, 0.5) is 0 Å². The number of amides is 1. The molecular weight excluding hydrogens is 232 g/mol. The molecule has 2 rings (SSSR count). The van der Waals surface area contributed by atoms with E-state index in [0.717, 1.165) is 16.3 Å². The molecular formula is C13H16N2OS. The molecule has 0 aliphatic carbocycles. The van der Waals surface area contributed by atoms with E-state index < -0.39 is 0 Å². The van der Waals surface area contributed by atoms with Crippen molar-refractivity contribution in [2.45, 2.75) is 13.8 Å². The van der Waals surface area contributed by atoms with Crippen molar-refractivity contribution in [1.82, 2.24) is 4.90 Å². The molecule has 0 saturated carbocycles. The molecule has 0 radical (unpaired) electrons. The van der Waals surface area contributed by atoms with Crippen LogP contribution in [-0.2, 0) is 0 Å². The van der Waals surface area contributed by atoms with E-state index in [-0.39, 0.29) is 5.91 Å². The van der Waals surface area contributed by atoms with Crippen LogP contribution in [0.15, 0.2) is 23.2 Å². The number of nitrogens with zero attached hydrogens (tertiary/aromatic N) is 2. The van der Waals surface area contributed by atoms with Gasteiger partial charge in [0.25, 0.3) is 5.91 Å². The van der Waals surface area contributed by atoms with Crippen LogP contribution in [0.1, 0.15) is 21.5 Å².